The van der Waals surface area contributed by atoms with Gasteiger partial charge in [0.1, 0.15) is 5.82 Å². The zero-order valence-corrected chi connectivity index (χ0v) is 11.1. The van der Waals surface area contributed by atoms with E-state index in [1.807, 2.05) is 29.9 Å². The Balaban J connectivity index is 1.95. The molecular weight excluding hydrogens is 241 g/mol. The van der Waals surface area contributed by atoms with E-state index in [0.717, 1.165) is 37.2 Å². The van der Waals surface area contributed by atoms with Crippen molar-refractivity contribution < 1.29 is 4.39 Å². The summed E-state index contributed by atoms with van der Waals surface area (Å²) in [6.45, 7) is 4.00. The van der Waals surface area contributed by atoms with Gasteiger partial charge in [-0.1, -0.05) is 18.2 Å². The Kier molecular flexibility index (Phi) is 3.34. The van der Waals surface area contributed by atoms with Crippen molar-refractivity contribution in [3.05, 3.63) is 42.0 Å². The summed E-state index contributed by atoms with van der Waals surface area (Å²) in [4.78, 5) is 0. The molecule has 1 fully saturated rings. The molecule has 2 aromatic rings. The molecule has 0 unspecified atom stereocenters. The van der Waals surface area contributed by atoms with Crippen molar-refractivity contribution in [2.75, 3.05) is 13.1 Å². The van der Waals surface area contributed by atoms with Crippen LogP contribution in [0.2, 0.25) is 0 Å². The fraction of sp³-hybridized carbons (Fsp3) is 0.400. The van der Waals surface area contributed by atoms with Gasteiger partial charge in [-0.3, -0.25) is 4.68 Å². The van der Waals surface area contributed by atoms with Crippen LogP contribution in [-0.4, -0.2) is 22.9 Å². The zero-order valence-electron chi connectivity index (χ0n) is 11.1. The van der Waals surface area contributed by atoms with Crippen LogP contribution in [0.5, 0.6) is 0 Å². The van der Waals surface area contributed by atoms with Gasteiger partial charge in [0.15, 0.2) is 0 Å². The van der Waals surface area contributed by atoms with Crippen LogP contribution in [0.15, 0.2) is 30.5 Å². The number of aryl methyl sites for hydroxylation is 1. The molecule has 0 spiro atoms. The van der Waals surface area contributed by atoms with E-state index < -0.39 is 0 Å². The molecule has 0 amide bonds. The normalized spacial score (nSPS) is 16.7. The Hall–Kier alpha value is -1.68. The number of benzene rings is 1. The number of hydrogen-bond acceptors (Lipinski definition) is 2. The van der Waals surface area contributed by atoms with Gasteiger partial charge in [0, 0.05) is 17.3 Å². The lowest BCUT2D eigenvalue weighted by Gasteiger charge is -2.22. The second-order valence-corrected chi connectivity index (χ2v) is 5.07. The Labute approximate surface area is 112 Å². The number of halogens is 1. The molecule has 0 aliphatic carbocycles. The molecule has 1 aromatic heterocycles. The first-order valence-electron chi connectivity index (χ1n) is 6.77. The van der Waals surface area contributed by atoms with Gasteiger partial charge in [0.05, 0.1) is 11.7 Å². The molecular formula is C15H18FN3. The first-order chi connectivity index (χ1) is 9.25. The fourth-order valence-corrected chi connectivity index (χ4v) is 2.68. The number of nitrogens with zero attached hydrogens (tertiary/aromatic N) is 2. The molecule has 0 radical (unpaired) electrons. The highest BCUT2D eigenvalue weighted by atomic mass is 19.1. The minimum Gasteiger partial charge on any atom is -0.317 e. The topological polar surface area (TPSA) is 29.9 Å². The van der Waals surface area contributed by atoms with E-state index in [1.54, 1.807) is 6.07 Å². The Morgan fingerprint density at radius 2 is 1.95 bits per heavy atom. The summed E-state index contributed by atoms with van der Waals surface area (Å²) in [5.74, 6) is -0.185. The second-order valence-electron chi connectivity index (χ2n) is 5.07. The highest BCUT2D eigenvalue weighted by Crippen LogP contribution is 2.28. The van der Waals surface area contributed by atoms with Crippen molar-refractivity contribution in [2.24, 2.45) is 0 Å². The average molecular weight is 259 g/mol. The van der Waals surface area contributed by atoms with Crippen molar-refractivity contribution in [3.8, 4) is 11.1 Å². The standard InChI is InChI=1S/C15H18FN3/c1-11-14(13-4-2-3-5-15(13)16)10-19(18-11)12-6-8-17-9-7-12/h2-5,10,12,17H,6-9H2,1H3. The van der Waals surface area contributed by atoms with Crippen LogP contribution in [0, 0.1) is 12.7 Å². The molecule has 1 aromatic carbocycles. The SMILES string of the molecule is Cc1nn(C2CCNCC2)cc1-c1ccccc1F. The van der Waals surface area contributed by atoms with E-state index in [1.165, 1.54) is 6.07 Å². The van der Waals surface area contributed by atoms with Crippen molar-refractivity contribution in [1.29, 1.82) is 0 Å². The molecule has 4 heteroatoms. The van der Waals surface area contributed by atoms with Crippen molar-refractivity contribution >= 4 is 0 Å². The Morgan fingerprint density at radius 1 is 1.21 bits per heavy atom. The molecule has 1 saturated heterocycles. The van der Waals surface area contributed by atoms with Crippen LogP contribution in [0.1, 0.15) is 24.6 Å². The molecule has 0 bridgehead atoms. The molecule has 3 nitrogen and oxygen atoms in total. The van der Waals surface area contributed by atoms with E-state index in [-0.39, 0.29) is 5.82 Å². The van der Waals surface area contributed by atoms with E-state index in [2.05, 4.69) is 10.4 Å². The van der Waals surface area contributed by atoms with Crippen LogP contribution >= 0.6 is 0 Å². The fourth-order valence-electron chi connectivity index (χ4n) is 2.68. The molecule has 100 valence electrons. The summed E-state index contributed by atoms with van der Waals surface area (Å²) in [6, 6.07) is 7.31. The maximum absolute atomic E-state index is 13.9. The number of rotatable bonds is 2. The van der Waals surface area contributed by atoms with E-state index in [9.17, 15) is 4.39 Å². The third-order valence-electron chi connectivity index (χ3n) is 3.76. The molecule has 0 atom stereocenters. The van der Waals surface area contributed by atoms with Crippen molar-refractivity contribution in [3.63, 3.8) is 0 Å². The van der Waals surface area contributed by atoms with Gasteiger partial charge in [-0.15, -0.1) is 0 Å². The predicted molar refractivity (Wildman–Crippen MR) is 73.5 cm³/mol. The molecule has 0 saturated carbocycles. The first kappa shape index (κ1) is 12.4. The summed E-state index contributed by atoms with van der Waals surface area (Å²) < 4.78 is 15.9. The van der Waals surface area contributed by atoms with E-state index >= 15 is 0 Å². The van der Waals surface area contributed by atoms with Gasteiger partial charge in [-0.2, -0.15) is 5.10 Å². The van der Waals surface area contributed by atoms with Gasteiger partial charge in [0.25, 0.3) is 0 Å². The third-order valence-corrected chi connectivity index (χ3v) is 3.76. The lowest BCUT2D eigenvalue weighted by molar-refractivity contribution is 0.342. The molecule has 1 aliphatic rings. The summed E-state index contributed by atoms with van der Waals surface area (Å²) in [6.07, 6.45) is 4.15. The molecule has 2 heterocycles. The minimum atomic E-state index is -0.185. The first-order valence-corrected chi connectivity index (χ1v) is 6.77. The predicted octanol–water partition coefficient (Wildman–Crippen LogP) is 2.92. The molecule has 1 N–H and O–H groups in total. The smallest absolute Gasteiger partial charge is 0.131 e. The zero-order chi connectivity index (χ0) is 13.2. The largest absolute Gasteiger partial charge is 0.317 e. The molecule has 3 rings (SSSR count). The summed E-state index contributed by atoms with van der Waals surface area (Å²) in [7, 11) is 0. The van der Waals surface area contributed by atoms with Crippen LogP contribution < -0.4 is 5.32 Å². The van der Waals surface area contributed by atoms with Crippen molar-refractivity contribution in [1.82, 2.24) is 15.1 Å². The minimum absolute atomic E-state index is 0.185. The van der Waals surface area contributed by atoms with E-state index in [0.29, 0.717) is 11.6 Å². The van der Waals surface area contributed by atoms with Crippen LogP contribution in [0.25, 0.3) is 11.1 Å². The van der Waals surface area contributed by atoms with Crippen LogP contribution in [-0.2, 0) is 0 Å². The number of nitrogens with one attached hydrogen (secondary N) is 1. The lowest BCUT2D eigenvalue weighted by atomic mass is 10.1. The van der Waals surface area contributed by atoms with Crippen LogP contribution in [0.3, 0.4) is 0 Å². The maximum atomic E-state index is 13.9. The van der Waals surface area contributed by atoms with Crippen LogP contribution in [0.4, 0.5) is 4.39 Å². The van der Waals surface area contributed by atoms with Gasteiger partial charge < -0.3 is 5.32 Å². The number of hydrogen-bond donors (Lipinski definition) is 1. The quantitative estimate of drug-likeness (QED) is 0.898. The maximum Gasteiger partial charge on any atom is 0.131 e. The molecule has 1 aliphatic heterocycles. The van der Waals surface area contributed by atoms with Gasteiger partial charge in [-0.25, -0.2) is 4.39 Å². The van der Waals surface area contributed by atoms with Gasteiger partial charge in [0.2, 0.25) is 0 Å². The summed E-state index contributed by atoms with van der Waals surface area (Å²) in [5, 5.41) is 7.92. The number of piperidine rings is 1. The lowest BCUT2D eigenvalue weighted by Crippen LogP contribution is -2.29. The summed E-state index contributed by atoms with van der Waals surface area (Å²) >= 11 is 0. The van der Waals surface area contributed by atoms with E-state index in [4.69, 9.17) is 0 Å². The molecule has 19 heavy (non-hydrogen) atoms. The Bertz CT molecular complexity index is 571. The van der Waals surface area contributed by atoms with Gasteiger partial charge >= 0.3 is 0 Å². The van der Waals surface area contributed by atoms with Crippen molar-refractivity contribution in [2.45, 2.75) is 25.8 Å². The van der Waals surface area contributed by atoms with Gasteiger partial charge in [-0.05, 0) is 38.9 Å². The second kappa shape index (κ2) is 5.13. The monoisotopic (exact) mass is 259 g/mol. The third kappa shape index (κ3) is 2.40. The summed E-state index contributed by atoms with van der Waals surface area (Å²) in [5.41, 5.74) is 2.43. The highest BCUT2D eigenvalue weighted by molar-refractivity contribution is 5.65. The highest BCUT2D eigenvalue weighted by Gasteiger charge is 2.18. The number of aromatic nitrogens is 2. The Morgan fingerprint density at radius 3 is 2.68 bits per heavy atom. The average Bonchev–Trinajstić information content (AvgIpc) is 2.82.